The number of rotatable bonds is 12. The zero-order chi connectivity index (χ0) is 20.8. The monoisotopic (exact) mass is 415 g/mol. The highest BCUT2D eigenvalue weighted by Crippen LogP contribution is 2.23. The molecule has 28 heavy (non-hydrogen) atoms. The number of aliphatic imine (C=N–C) groups is 1. The molecular formula is C21H25N3O2S2. The van der Waals surface area contributed by atoms with Gasteiger partial charge in [-0.2, -0.15) is 0 Å². The summed E-state index contributed by atoms with van der Waals surface area (Å²) in [6.45, 7) is 3.61. The standard InChI is InChI=1S/C21H25N3O2S2/c1-3-6-20(27)19(26)11-10-17(25)15-24-18-9-4-7-16(21(18)22)8-5-12-23-13-14-28-2/h3-9,12-14,24,27H,1,10-11,15,22H2,2H3/b8-5+,14-13-,20-6-,23-12-. The molecule has 0 heterocycles. The van der Waals surface area contributed by atoms with Crippen molar-refractivity contribution in [1.29, 1.82) is 0 Å². The molecule has 1 aromatic rings. The zero-order valence-corrected chi connectivity index (χ0v) is 17.5. The number of nitrogen functional groups attached to an aromatic ring is 1. The quantitative estimate of drug-likeness (QED) is 0.154. The lowest BCUT2D eigenvalue weighted by Gasteiger charge is -2.10. The van der Waals surface area contributed by atoms with Crippen LogP contribution in [0.25, 0.3) is 6.08 Å². The maximum Gasteiger partial charge on any atom is 0.169 e. The highest BCUT2D eigenvalue weighted by molar-refractivity contribution is 8.01. The predicted octanol–water partition coefficient (Wildman–Crippen LogP) is 4.52. The lowest BCUT2D eigenvalue weighted by atomic mass is 10.1. The number of ketones is 2. The maximum atomic E-state index is 12.0. The maximum absolute atomic E-state index is 12.0. The second kappa shape index (κ2) is 13.6. The van der Waals surface area contributed by atoms with Crippen molar-refractivity contribution in [1.82, 2.24) is 0 Å². The van der Waals surface area contributed by atoms with Crippen LogP contribution in [0.5, 0.6) is 0 Å². The number of allylic oxidation sites excluding steroid dienone is 4. The van der Waals surface area contributed by atoms with Gasteiger partial charge in [-0.05, 0) is 35.4 Å². The van der Waals surface area contributed by atoms with Gasteiger partial charge in [-0.25, -0.2) is 0 Å². The van der Waals surface area contributed by atoms with E-state index in [2.05, 4.69) is 29.5 Å². The fourth-order valence-corrected chi connectivity index (χ4v) is 2.50. The molecule has 0 saturated carbocycles. The Balaban J connectivity index is 2.59. The molecule has 0 aromatic heterocycles. The largest absolute Gasteiger partial charge is 0.397 e. The van der Waals surface area contributed by atoms with E-state index in [0.717, 1.165) is 5.56 Å². The number of nitrogens with two attached hydrogens (primary N) is 1. The van der Waals surface area contributed by atoms with Crippen LogP contribution >= 0.6 is 24.4 Å². The van der Waals surface area contributed by atoms with Crippen molar-refractivity contribution in [2.75, 3.05) is 23.9 Å². The molecule has 148 valence electrons. The van der Waals surface area contributed by atoms with Gasteiger partial charge in [0, 0.05) is 30.2 Å². The predicted molar refractivity (Wildman–Crippen MR) is 126 cm³/mol. The second-order valence-corrected chi connectivity index (χ2v) is 6.81. The number of carbonyl (C=O) groups is 2. The SMILES string of the molecule is C=C/C=C(\S)C(=O)CCC(=O)CNc1cccc(/C=C/C=N\C=C/SC)c1N. The minimum absolute atomic E-state index is 0.0823. The molecule has 0 aliphatic rings. The number of thioether (sulfide) groups is 1. The summed E-state index contributed by atoms with van der Waals surface area (Å²) in [5.41, 5.74) is 8.19. The molecule has 5 nitrogen and oxygen atoms in total. The van der Waals surface area contributed by atoms with E-state index < -0.39 is 0 Å². The van der Waals surface area contributed by atoms with E-state index in [-0.39, 0.29) is 31.0 Å². The molecule has 0 saturated heterocycles. The molecule has 0 radical (unpaired) electrons. The Labute approximate surface area is 176 Å². The summed E-state index contributed by atoms with van der Waals surface area (Å²) in [6.07, 6.45) is 12.2. The number of para-hydroxylation sites is 1. The van der Waals surface area contributed by atoms with Gasteiger partial charge in [-0.3, -0.25) is 14.6 Å². The Morgan fingerprint density at radius 3 is 2.86 bits per heavy atom. The summed E-state index contributed by atoms with van der Waals surface area (Å²) in [5, 5.41) is 4.91. The summed E-state index contributed by atoms with van der Waals surface area (Å²) in [7, 11) is 0. The second-order valence-electron chi connectivity index (χ2n) is 5.59. The highest BCUT2D eigenvalue weighted by Gasteiger charge is 2.10. The summed E-state index contributed by atoms with van der Waals surface area (Å²) in [4.78, 5) is 28.2. The zero-order valence-electron chi connectivity index (χ0n) is 15.8. The summed E-state index contributed by atoms with van der Waals surface area (Å²) >= 11 is 5.64. The lowest BCUT2D eigenvalue weighted by Crippen LogP contribution is -2.16. The van der Waals surface area contributed by atoms with Gasteiger partial charge in [0.25, 0.3) is 0 Å². The van der Waals surface area contributed by atoms with Crippen molar-refractivity contribution >= 4 is 59.6 Å². The number of anilines is 2. The molecule has 1 aromatic carbocycles. The number of hydrogen-bond acceptors (Lipinski definition) is 7. The van der Waals surface area contributed by atoms with Crippen LogP contribution in [-0.2, 0) is 9.59 Å². The van der Waals surface area contributed by atoms with Gasteiger partial charge < -0.3 is 11.1 Å². The van der Waals surface area contributed by atoms with E-state index in [0.29, 0.717) is 16.3 Å². The van der Waals surface area contributed by atoms with Gasteiger partial charge in [0.1, 0.15) is 0 Å². The Morgan fingerprint density at radius 1 is 1.36 bits per heavy atom. The minimum atomic E-state index is -0.183. The van der Waals surface area contributed by atoms with E-state index in [1.807, 2.05) is 29.9 Å². The van der Waals surface area contributed by atoms with Gasteiger partial charge in [0.15, 0.2) is 11.6 Å². The number of nitrogens with zero attached hydrogens (tertiary/aromatic N) is 1. The van der Waals surface area contributed by atoms with Crippen LogP contribution in [0.15, 0.2) is 64.5 Å². The van der Waals surface area contributed by atoms with E-state index in [1.54, 1.807) is 36.3 Å². The Morgan fingerprint density at radius 2 is 2.14 bits per heavy atom. The summed E-state index contributed by atoms with van der Waals surface area (Å²) < 4.78 is 0. The van der Waals surface area contributed by atoms with Crippen LogP contribution in [0.3, 0.4) is 0 Å². The normalized spacial score (nSPS) is 12.1. The Hall–Kier alpha value is -2.51. The number of carbonyl (C=O) groups excluding carboxylic acids is 2. The first-order valence-electron chi connectivity index (χ1n) is 8.56. The third-order valence-corrected chi connectivity index (χ3v) is 4.33. The molecule has 0 fully saturated rings. The molecule has 0 bridgehead atoms. The van der Waals surface area contributed by atoms with Crippen LogP contribution in [0, 0.1) is 0 Å². The fraction of sp³-hybridized carbons (Fsp3) is 0.190. The summed E-state index contributed by atoms with van der Waals surface area (Å²) in [5.74, 6) is -0.265. The average molecular weight is 416 g/mol. The van der Waals surface area contributed by atoms with Gasteiger partial charge in [0.05, 0.1) is 17.9 Å². The van der Waals surface area contributed by atoms with Crippen molar-refractivity contribution in [2.45, 2.75) is 12.8 Å². The van der Waals surface area contributed by atoms with Crippen LogP contribution < -0.4 is 11.1 Å². The first-order chi connectivity index (χ1) is 13.5. The van der Waals surface area contributed by atoms with E-state index in [9.17, 15) is 9.59 Å². The van der Waals surface area contributed by atoms with Crippen LogP contribution in [-0.4, -0.2) is 30.6 Å². The van der Waals surface area contributed by atoms with Gasteiger partial charge in [-0.15, -0.1) is 24.4 Å². The van der Waals surface area contributed by atoms with E-state index >= 15 is 0 Å². The first kappa shape index (κ1) is 23.5. The number of benzene rings is 1. The van der Waals surface area contributed by atoms with Crippen molar-refractivity contribution in [3.63, 3.8) is 0 Å². The molecule has 0 atom stereocenters. The third kappa shape index (κ3) is 8.92. The lowest BCUT2D eigenvalue weighted by molar-refractivity contribution is -0.121. The van der Waals surface area contributed by atoms with E-state index in [4.69, 9.17) is 5.73 Å². The van der Waals surface area contributed by atoms with Crippen LogP contribution in [0.4, 0.5) is 11.4 Å². The first-order valence-corrected chi connectivity index (χ1v) is 10.3. The van der Waals surface area contributed by atoms with Crippen molar-refractivity contribution < 1.29 is 9.59 Å². The van der Waals surface area contributed by atoms with Crippen LogP contribution in [0.1, 0.15) is 18.4 Å². The molecule has 0 unspecified atom stereocenters. The molecule has 0 spiro atoms. The molecule has 0 aliphatic carbocycles. The highest BCUT2D eigenvalue weighted by atomic mass is 32.2. The third-order valence-electron chi connectivity index (χ3n) is 3.54. The molecule has 1 rings (SSSR count). The van der Waals surface area contributed by atoms with Crippen molar-refractivity contribution in [3.05, 3.63) is 65.1 Å². The average Bonchev–Trinajstić information content (AvgIpc) is 2.69. The van der Waals surface area contributed by atoms with Gasteiger partial charge in [0.2, 0.25) is 0 Å². The van der Waals surface area contributed by atoms with Gasteiger partial charge in [-0.1, -0.05) is 30.9 Å². The van der Waals surface area contributed by atoms with E-state index in [1.165, 1.54) is 12.2 Å². The molecule has 3 N–H and O–H groups in total. The Bertz CT molecular complexity index is 812. The number of Topliss-reactive ketones (excluding diaryl/α,β-unsaturated/α-hetero) is 2. The molecular weight excluding hydrogens is 390 g/mol. The molecule has 0 aliphatic heterocycles. The van der Waals surface area contributed by atoms with Gasteiger partial charge >= 0.3 is 0 Å². The fourth-order valence-electron chi connectivity index (χ4n) is 2.09. The topological polar surface area (TPSA) is 84.5 Å². The Kier molecular flexibility index (Phi) is 11.5. The smallest absolute Gasteiger partial charge is 0.169 e. The number of nitrogens with one attached hydrogen (secondary N) is 1. The van der Waals surface area contributed by atoms with Crippen LogP contribution in [0.2, 0.25) is 0 Å². The number of hydrogen-bond donors (Lipinski definition) is 3. The molecule has 0 amide bonds. The van der Waals surface area contributed by atoms with Crippen molar-refractivity contribution in [2.24, 2.45) is 4.99 Å². The summed E-state index contributed by atoms with van der Waals surface area (Å²) in [6, 6.07) is 5.53. The number of thiol groups is 1. The molecule has 7 heteroatoms. The minimum Gasteiger partial charge on any atom is -0.397 e. The van der Waals surface area contributed by atoms with Crippen molar-refractivity contribution in [3.8, 4) is 0 Å².